The van der Waals surface area contributed by atoms with Gasteiger partial charge in [0.2, 0.25) is 0 Å². The third-order valence-electron chi connectivity index (χ3n) is 2.00. The SMILES string of the molecule is CNCc1cc(Br)c(OCC(C)C)c(Br)c1. The first-order chi connectivity index (χ1) is 7.54. The van der Waals surface area contributed by atoms with Crippen LogP contribution < -0.4 is 10.1 Å². The Morgan fingerprint density at radius 3 is 2.25 bits per heavy atom. The molecule has 90 valence electrons. The van der Waals surface area contributed by atoms with Crippen LogP contribution in [0.25, 0.3) is 0 Å². The van der Waals surface area contributed by atoms with Gasteiger partial charge in [0.1, 0.15) is 5.75 Å². The lowest BCUT2D eigenvalue weighted by Gasteiger charge is -2.13. The van der Waals surface area contributed by atoms with Crippen molar-refractivity contribution >= 4 is 31.9 Å². The van der Waals surface area contributed by atoms with Gasteiger partial charge in [0.05, 0.1) is 15.6 Å². The number of rotatable bonds is 5. The number of ether oxygens (including phenoxy) is 1. The second kappa shape index (κ2) is 6.62. The first-order valence-electron chi connectivity index (χ1n) is 5.30. The largest absolute Gasteiger partial charge is 0.491 e. The van der Waals surface area contributed by atoms with E-state index in [-0.39, 0.29) is 0 Å². The Hall–Kier alpha value is -0.0600. The average molecular weight is 351 g/mol. The summed E-state index contributed by atoms with van der Waals surface area (Å²) in [7, 11) is 1.94. The average Bonchev–Trinajstić information content (AvgIpc) is 2.16. The van der Waals surface area contributed by atoms with Crippen molar-refractivity contribution in [2.45, 2.75) is 20.4 Å². The quantitative estimate of drug-likeness (QED) is 0.867. The monoisotopic (exact) mass is 349 g/mol. The molecule has 0 saturated heterocycles. The summed E-state index contributed by atoms with van der Waals surface area (Å²) in [6.07, 6.45) is 0. The van der Waals surface area contributed by atoms with Gasteiger partial charge in [-0.3, -0.25) is 0 Å². The van der Waals surface area contributed by atoms with Gasteiger partial charge in [0.15, 0.2) is 0 Å². The Morgan fingerprint density at radius 1 is 1.25 bits per heavy atom. The van der Waals surface area contributed by atoms with Gasteiger partial charge in [-0.25, -0.2) is 0 Å². The molecule has 0 saturated carbocycles. The summed E-state index contributed by atoms with van der Waals surface area (Å²) in [5.41, 5.74) is 1.22. The maximum absolute atomic E-state index is 5.75. The van der Waals surface area contributed by atoms with E-state index in [2.05, 4.69) is 63.2 Å². The summed E-state index contributed by atoms with van der Waals surface area (Å²) in [5, 5.41) is 3.13. The van der Waals surface area contributed by atoms with Crippen LogP contribution in [-0.2, 0) is 6.54 Å². The molecule has 0 heterocycles. The minimum absolute atomic E-state index is 0.524. The van der Waals surface area contributed by atoms with Crippen LogP contribution in [0.1, 0.15) is 19.4 Å². The Bertz CT molecular complexity index is 330. The van der Waals surface area contributed by atoms with Crippen LogP contribution in [0.4, 0.5) is 0 Å². The van der Waals surface area contributed by atoms with Crippen LogP contribution in [0, 0.1) is 5.92 Å². The minimum atomic E-state index is 0.524. The fraction of sp³-hybridized carbons (Fsp3) is 0.500. The zero-order chi connectivity index (χ0) is 12.1. The van der Waals surface area contributed by atoms with Crippen LogP contribution >= 0.6 is 31.9 Å². The van der Waals surface area contributed by atoms with E-state index < -0.39 is 0 Å². The summed E-state index contributed by atoms with van der Waals surface area (Å²) in [5.74, 6) is 1.41. The second-order valence-corrected chi connectivity index (χ2v) is 5.83. The van der Waals surface area contributed by atoms with Crippen molar-refractivity contribution < 1.29 is 4.74 Å². The van der Waals surface area contributed by atoms with Crippen molar-refractivity contribution in [1.82, 2.24) is 5.32 Å². The molecule has 0 aromatic heterocycles. The molecule has 1 N–H and O–H groups in total. The molecule has 0 bridgehead atoms. The van der Waals surface area contributed by atoms with E-state index in [0.717, 1.165) is 27.8 Å². The van der Waals surface area contributed by atoms with Crippen LogP contribution in [0.5, 0.6) is 5.75 Å². The molecule has 0 spiro atoms. The topological polar surface area (TPSA) is 21.3 Å². The molecule has 0 aliphatic heterocycles. The van der Waals surface area contributed by atoms with Crippen molar-refractivity contribution in [2.24, 2.45) is 5.92 Å². The van der Waals surface area contributed by atoms with E-state index in [1.807, 2.05) is 7.05 Å². The van der Waals surface area contributed by atoms with Crippen molar-refractivity contribution in [2.75, 3.05) is 13.7 Å². The van der Waals surface area contributed by atoms with E-state index in [0.29, 0.717) is 5.92 Å². The van der Waals surface area contributed by atoms with Crippen molar-refractivity contribution in [1.29, 1.82) is 0 Å². The van der Waals surface area contributed by atoms with Crippen LogP contribution in [0.15, 0.2) is 21.1 Å². The summed E-state index contributed by atoms with van der Waals surface area (Å²) in [6, 6.07) is 4.16. The smallest absolute Gasteiger partial charge is 0.147 e. The van der Waals surface area contributed by atoms with E-state index >= 15 is 0 Å². The molecule has 1 rings (SSSR count). The second-order valence-electron chi connectivity index (χ2n) is 4.12. The summed E-state index contributed by atoms with van der Waals surface area (Å²) in [6.45, 7) is 5.85. The van der Waals surface area contributed by atoms with Gasteiger partial charge in [0.25, 0.3) is 0 Å². The highest BCUT2D eigenvalue weighted by molar-refractivity contribution is 9.11. The molecule has 0 unspecified atom stereocenters. The van der Waals surface area contributed by atoms with Crippen molar-refractivity contribution in [3.05, 3.63) is 26.6 Å². The molecule has 0 radical (unpaired) electrons. The first-order valence-corrected chi connectivity index (χ1v) is 6.88. The van der Waals surface area contributed by atoms with Crippen LogP contribution in [0.3, 0.4) is 0 Å². The predicted molar refractivity (Wildman–Crippen MR) is 74.9 cm³/mol. The van der Waals surface area contributed by atoms with E-state index in [9.17, 15) is 0 Å². The number of nitrogens with one attached hydrogen (secondary N) is 1. The standard InChI is InChI=1S/C12H17Br2NO/c1-8(2)7-16-12-10(13)4-9(6-15-3)5-11(12)14/h4-5,8,15H,6-7H2,1-3H3. The lowest BCUT2D eigenvalue weighted by Crippen LogP contribution is -2.07. The van der Waals surface area contributed by atoms with Crippen LogP contribution in [0.2, 0.25) is 0 Å². The molecule has 0 atom stereocenters. The van der Waals surface area contributed by atoms with E-state index in [4.69, 9.17) is 4.74 Å². The summed E-state index contributed by atoms with van der Waals surface area (Å²) in [4.78, 5) is 0. The zero-order valence-electron chi connectivity index (χ0n) is 9.81. The molecular weight excluding hydrogens is 334 g/mol. The summed E-state index contributed by atoms with van der Waals surface area (Å²) < 4.78 is 7.73. The van der Waals surface area contributed by atoms with E-state index in [1.165, 1.54) is 5.56 Å². The first kappa shape index (κ1) is 14.0. The lowest BCUT2D eigenvalue weighted by molar-refractivity contribution is 0.268. The molecule has 1 aromatic rings. The molecule has 4 heteroatoms. The third-order valence-corrected chi connectivity index (χ3v) is 3.18. The number of hydrogen-bond donors (Lipinski definition) is 1. The fourth-order valence-corrected chi connectivity index (χ4v) is 2.82. The highest BCUT2D eigenvalue weighted by atomic mass is 79.9. The van der Waals surface area contributed by atoms with Crippen molar-refractivity contribution in [3.63, 3.8) is 0 Å². The van der Waals surface area contributed by atoms with Gasteiger partial charge in [-0.05, 0) is 62.5 Å². The molecule has 1 aromatic carbocycles. The molecular formula is C12H17Br2NO. The fourth-order valence-electron chi connectivity index (χ4n) is 1.31. The Kier molecular flexibility index (Phi) is 5.79. The minimum Gasteiger partial charge on any atom is -0.491 e. The molecule has 2 nitrogen and oxygen atoms in total. The van der Waals surface area contributed by atoms with Gasteiger partial charge in [-0.2, -0.15) is 0 Å². The van der Waals surface area contributed by atoms with Gasteiger partial charge in [-0.15, -0.1) is 0 Å². The third kappa shape index (κ3) is 4.07. The molecule has 16 heavy (non-hydrogen) atoms. The van der Waals surface area contributed by atoms with Crippen molar-refractivity contribution in [3.8, 4) is 5.75 Å². The lowest BCUT2D eigenvalue weighted by atomic mass is 10.2. The summed E-state index contributed by atoms with van der Waals surface area (Å²) >= 11 is 7.07. The molecule has 0 aliphatic rings. The van der Waals surface area contributed by atoms with Gasteiger partial charge in [-0.1, -0.05) is 13.8 Å². The van der Waals surface area contributed by atoms with Gasteiger partial charge >= 0.3 is 0 Å². The predicted octanol–water partition coefficient (Wildman–Crippen LogP) is 3.97. The maximum Gasteiger partial charge on any atom is 0.147 e. The van der Waals surface area contributed by atoms with Gasteiger partial charge < -0.3 is 10.1 Å². The van der Waals surface area contributed by atoms with Gasteiger partial charge in [0, 0.05) is 6.54 Å². The molecule has 0 fully saturated rings. The number of halogens is 2. The molecule has 0 aliphatic carbocycles. The Balaban J connectivity index is 2.85. The molecule has 0 amide bonds. The highest BCUT2D eigenvalue weighted by Crippen LogP contribution is 2.35. The number of benzene rings is 1. The van der Waals surface area contributed by atoms with E-state index in [1.54, 1.807) is 0 Å². The Labute approximate surface area is 114 Å². The number of hydrogen-bond acceptors (Lipinski definition) is 2. The highest BCUT2D eigenvalue weighted by Gasteiger charge is 2.09. The zero-order valence-corrected chi connectivity index (χ0v) is 13.0. The normalized spacial score (nSPS) is 10.9. The Morgan fingerprint density at radius 2 is 1.81 bits per heavy atom. The maximum atomic E-state index is 5.75. The van der Waals surface area contributed by atoms with Crippen LogP contribution in [-0.4, -0.2) is 13.7 Å².